The van der Waals surface area contributed by atoms with E-state index in [4.69, 9.17) is 5.11 Å². The van der Waals surface area contributed by atoms with E-state index in [1.54, 1.807) is 6.92 Å². The van der Waals surface area contributed by atoms with Crippen molar-refractivity contribution in [3.05, 3.63) is 0 Å². The van der Waals surface area contributed by atoms with Gasteiger partial charge < -0.3 is 5.11 Å². The van der Waals surface area contributed by atoms with Crippen LogP contribution < -0.4 is 0 Å². The third kappa shape index (κ3) is 4.38. The van der Waals surface area contributed by atoms with Crippen molar-refractivity contribution in [2.75, 3.05) is 5.75 Å². The Morgan fingerprint density at radius 1 is 1.60 bits per heavy atom. The summed E-state index contributed by atoms with van der Waals surface area (Å²) in [7, 11) is 0. The van der Waals surface area contributed by atoms with Crippen molar-refractivity contribution < 1.29 is 14.7 Å². The Bertz CT molecular complexity index is 144. The van der Waals surface area contributed by atoms with Gasteiger partial charge in [0, 0.05) is 0 Å². The highest BCUT2D eigenvalue weighted by Gasteiger charge is 2.11. The second-order valence-electron chi connectivity index (χ2n) is 1.99. The molecule has 0 fully saturated rings. The molecule has 0 aliphatic heterocycles. The van der Waals surface area contributed by atoms with Crippen molar-refractivity contribution >= 4 is 23.5 Å². The number of carboxylic acids is 1. The van der Waals surface area contributed by atoms with Gasteiger partial charge in [-0.25, -0.2) is 0 Å². The largest absolute Gasteiger partial charge is 0.480 e. The lowest BCUT2D eigenvalue weighted by molar-refractivity contribution is -0.136. The van der Waals surface area contributed by atoms with Gasteiger partial charge in [-0.05, 0) is 13.8 Å². The normalized spacial score (nSPS) is 12.6. The van der Waals surface area contributed by atoms with Crippen molar-refractivity contribution in [2.45, 2.75) is 19.1 Å². The van der Waals surface area contributed by atoms with Crippen molar-refractivity contribution in [1.29, 1.82) is 0 Å². The molecule has 10 heavy (non-hydrogen) atoms. The number of thioether (sulfide) groups is 1. The second-order valence-corrected chi connectivity index (χ2v) is 3.32. The molecule has 0 aromatic rings. The summed E-state index contributed by atoms with van der Waals surface area (Å²) < 4.78 is 0. The molecule has 0 aliphatic carbocycles. The third-order valence-corrected chi connectivity index (χ3v) is 2.16. The zero-order valence-electron chi connectivity index (χ0n) is 5.96. The van der Waals surface area contributed by atoms with Crippen LogP contribution in [0.1, 0.15) is 13.8 Å². The Labute approximate surface area is 63.8 Å². The van der Waals surface area contributed by atoms with Gasteiger partial charge in [-0.1, -0.05) is 0 Å². The molecule has 0 aromatic heterocycles. The number of aliphatic carboxylic acids is 1. The van der Waals surface area contributed by atoms with Crippen molar-refractivity contribution in [3.8, 4) is 0 Å². The van der Waals surface area contributed by atoms with Crippen LogP contribution in [0, 0.1) is 0 Å². The topological polar surface area (TPSA) is 54.4 Å². The molecular formula is C6H10O3S. The van der Waals surface area contributed by atoms with E-state index < -0.39 is 11.2 Å². The summed E-state index contributed by atoms with van der Waals surface area (Å²) in [6.07, 6.45) is 0. The number of hydrogen-bond donors (Lipinski definition) is 1. The SMILES string of the molecule is CC(=O)CSC(C)C(=O)O. The summed E-state index contributed by atoms with van der Waals surface area (Å²) >= 11 is 1.14. The minimum atomic E-state index is -0.869. The first-order valence-corrected chi connectivity index (χ1v) is 3.92. The fourth-order valence-electron chi connectivity index (χ4n) is 0.314. The smallest absolute Gasteiger partial charge is 0.316 e. The highest BCUT2D eigenvalue weighted by Crippen LogP contribution is 2.09. The average molecular weight is 162 g/mol. The molecule has 0 saturated heterocycles. The van der Waals surface area contributed by atoms with E-state index in [1.165, 1.54) is 6.92 Å². The highest BCUT2D eigenvalue weighted by molar-refractivity contribution is 8.01. The molecule has 1 N–H and O–H groups in total. The maximum Gasteiger partial charge on any atom is 0.316 e. The first-order chi connectivity index (χ1) is 4.54. The lowest BCUT2D eigenvalue weighted by Gasteiger charge is -2.01. The van der Waals surface area contributed by atoms with E-state index >= 15 is 0 Å². The van der Waals surface area contributed by atoms with E-state index in [-0.39, 0.29) is 11.5 Å². The van der Waals surface area contributed by atoms with Crippen LogP contribution in [0.5, 0.6) is 0 Å². The number of rotatable bonds is 4. The van der Waals surface area contributed by atoms with Gasteiger partial charge >= 0.3 is 5.97 Å². The molecule has 4 heteroatoms. The van der Waals surface area contributed by atoms with Crippen LogP contribution in [-0.2, 0) is 9.59 Å². The Hall–Kier alpha value is -0.510. The highest BCUT2D eigenvalue weighted by atomic mass is 32.2. The Morgan fingerprint density at radius 2 is 2.10 bits per heavy atom. The number of carbonyl (C=O) groups is 2. The molecule has 0 aliphatic rings. The number of carbonyl (C=O) groups excluding carboxylic acids is 1. The van der Waals surface area contributed by atoms with Crippen molar-refractivity contribution in [3.63, 3.8) is 0 Å². The van der Waals surface area contributed by atoms with E-state index in [9.17, 15) is 9.59 Å². The third-order valence-electron chi connectivity index (χ3n) is 0.884. The number of Topliss-reactive ketones (excluding diaryl/α,β-unsaturated/α-hetero) is 1. The molecule has 0 spiro atoms. The van der Waals surface area contributed by atoms with Crippen LogP contribution in [0.2, 0.25) is 0 Å². The van der Waals surface area contributed by atoms with E-state index in [0.717, 1.165) is 11.8 Å². The molecule has 0 saturated carbocycles. The molecular weight excluding hydrogens is 152 g/mol. The average Bonchev–Trinajstić information content (AvgIpc) is 1.82. The Kier molecular flexibility index (Phi) is 4.11. The number of ketones is 1. The Balaban J connectivity index is 3.49. The van der Waals surface area contributed by atoms with Gasteiger partial charge in [0.05, 0.1) is 11.0 Å². The van der Waals surface area contributed by atoms with Gasteiger partial charge in [0.1, 0.15) is 5.78 Å². The standard InChI is InChI=1S/C6H10O3S/c1-4(7)3-10-5(2)6(8)9/h5H,3H2,1-2H3,(H,8,9). The molecule has 1 atom stereocenters. The first kappa shape index (κ1) is 9.49. The maximum absolute atomic E-state index is 10.4. The summed E-state index contributed by atoms with van der Waals surface area (Å²) in [5, 5.41) is 7.88. The molecule has 0 amide bonds. The number of carboxylic acid groups (broad SMARTS) is 1. The molecule has 0 radical (unpaired) electrons. The molecule has 3 nitrogen and oxygen atoms in total. The fraction of sp³-hybridized carbons (Fsp3) is 0.667. The van der Waals surface area contributed by atoms with Crippen LogP contribution in [0.3, 0.4) is 0 Å². The monoisotopic (exact) mass is 162 g/mol. The van der Waals surface area contributed by atoms with E-state index in [0.29, 0.717) is 0 Å². The van der Waals surface area contributed by atoms with Gasteiger partial charge in [-0.3, -0.25) is 9.59 Å². The van der Waals surface area contributed by atoms with Crippen LogP contribution >= 0.6 is 11.8 Å². The lowest BCUT2D eigenvalue weighted by Crippen LogP contribution is -2.13. The fourth-order valence-corrected chi connectivity index (χ4v) is 0.941. The van der Waals surface area contributed by atoms with Crippen molar-refractivity contribution in [2.24, 2.45) is 0 Å². The van der Waals surface area contributed by atoms with Gasteiger partial charge in [-0.2, -0.15) is 0 Å². The van der Waals surface area contributed by atoms with Crippen LogP contribution in [-0.4, -0.2) is 27.9 Å². The zero-order chi connectivity index (χ0) is 8.15. The summed E-state index contributed by atoms with van der Waals surface area (Å²) in [5.74, 6) is -0.572. The molecule has 0 bridgehead atoms. The predicted molar refractivity (Wildman–Crippen MR) is 40.2 cm³/mol. The molecule has 0 heterocycles. The predicted octanol–water partition coefficient (Wildman–Crippen LogP) is 0.782. The van der Waals surface area contributed by atoms with Crippen molar-refractivity contribution in [1.82, 2.24) is 0 Å². The minimum absolute atomic E-state index is 0.0121. The molecule has 0 aromatic carbocycles. The second kappa shape index (κ2) is 4.33. The van der Waals surface area contributed by atoms with Gasteiger partial charge in [0.2, 0.25) is 0 Å². The summed E-state index contributed by atoms with van der Waals surface area (Å²) in [6, 6.07) is 0. The number of hydrogen-bond acceptors (Lipinski definition) is 3. The molecule has 0 rings (SSSR count). The van der Waals surface area contributed by atoms with Crippen LogP contribution in [0.25, 0.3) is 0 Å². The first-order valence-electron chi connectivity index (χ1n) is 2.88. The lowest BCUT2D eigenvalue weighted by atomic mass is 10.5. The van der Waals surface area contributed by atoms with Crippen LogP contribution in [0.15, 0.2) is 0 Å². The van der Waals surface area contributed by atoms with Crippen LogP contribution in [0.4, 0.5) is 0 Å². The van der Waals surface area contributed by atoms with E-state index in [2.05, 4.69) is 0 Å². The quantitative estimate of drug-likeness (QED) is 0.663. The van der Waals surface area contributed by atoms with Gasteiger partial charge in [-0.15, -0.1) is 11.8 Å². The van der Waals surface area contributed by atoms with Gasteiger partial charge in [0.25, 0.3) is 0 Å². The molecule has 58 valence electrons. The Morgan fingerprint density at radius 3 is 2.40 bits per heavy atom. The van der Waals surface area contributed by atoms with E-state index in [1.807, 2.05) is 0 Å². The molecule has 1 unspecified atom stereocenters. The zero-order valence-corrected chi connectivity index (χ0v) is 6.77. The summed E-state index contributed by atoms with van der Waals surface area (Å²) in [6.45, 7) is 3.01. The minimum Gasteiger partial charge on any atom is -0.480 e. The van der Waals surface area contributed by atoms with Gasteiger partial charge in [0.15, 0.2) is 0 Å². The maximum atomic E-state index is 10.4. The summed E-state index contributed by atoms with van der Waals surface area (Å²) in [5.41, 5.74) is 0. The summed E-state index contributed by atoms with van der Waals surface area (Å²) in [4.78, 5) is 20.5.